The number of carbonyl (C=O) groups is 3. The van der Waals surface area contributed by atoms with Crippen LogP contribution in [0.5, 0.6) is 0 Å². The Morgan fingerprint density at radius 1 is 1.06 bits per heavy atom. The van der Waals surface area contributed by atoms with E-state index in [2.05, 4.69) is 10.3 Å². The van der Waals surface area contributed by atoms with E-state index in [1.165, 1.54) is 26.2 Å². The number of carbonyl (C=O) groups excluding carboxylic acids is 3. The van der Waals surface area contributed by atoms with Gasteiger partial charge in [0.05, 0.1) is 22.7 Å². The van der Waals surface area contributed by atoms with Crippen LogP contribution in [-0.2, 0) is 19.1 Å². The lowest BCUT2D eigenvalue weighted by Crippen LogP contribution is -2.56. The normalized spacial score (nSPS) is 33.5. The minimum atomic E-state index is -1.06. The first kappa shape index (κ1) is 23.4. The van der Waals surface area contributed by atoms with Gasteiger partial charge in [0.15, 0.2) is 6.10 Å². The molecule has 5 fully saturated rings. The zero-order valence-electron chi connectivity index (χ0n) is 20.6. The van der Waals surface area contributed by atoms with E-state index < -0.39 is 35.5 Å². The third-order valence-corrected chi connectivity index (χ3v) is 8.87. The number of aliphatic hydroxyl groups is 1. The highest BCUT2D eigenvalue weighted by atomic mass is 16.5. The van der Waals surface area contributed by atoms with Gasteiger partial charge in [-0.1, -0.05) is 6.07 Å². The molecule has 4 bridgehead atoms. The molecule has 1 aliphatic heterocycles. The zero-order chi connectivity index (χ0) is 25.0. The Morgan fingerprint density at radius 3 is 2.44 bits per heavy atom. The molecular weight excluding hydrogens is 458 g/mol. The van der Waals surface area contributed by atoms with Crippen molar-refractivity contribution >= 4 is 34.4 Å². The third-order valence-electron chi connectivity index (χ3n) is 8.87. The Bertz CT molecular complexity index is 1170. The maximum absolute atomic E-state index is 13.9. The lowest BCUT2D eigenvalue weighted by molar-refractivity contribution is -0.168. The molecule has 2 aromatic rings. The molecular formula is C28H33N3O5. The summed E-state index contributed by atoms with van der Waals surface area (Å²) in [6, 6.07) is 8.22. The maximum Gasteiger partial charge on any atom is 0.329 e. The Kier molecular flexibility index (Phi) is 5.74. The number of esters is 1. The van der Waals surface area contributed by atoms with Crippen molar-refractivity contribution in [2.24, 2.45) is 23.2 Å². The predicted octanol–water partition coefficient (Wildman–Crippen LogP) is 3.28. The van der Waals surface area contributed by atoms with Crippen molar-refractivity contribution in [2.75, 3.05) is 11.9 Å². The Labute approximate surface area is 210 Å². The molecule has 5 aliphatic rings. The van der Waals surface area contributed by atoms with Gasteiger partial charge in [-0.25, -0.2) is 4.79 Å². The first-order chi connectivity index (χ1) is 17.3. The topological polar surface area (TPSA) is 109 Å². The molecule has 2 heterocycles. The summed E-state index contributed by atoms with van der Waals surface area (Å²) in [5.41, 5.74) is 0.935. The molecule has 0 radical (unpaired) electrons. The van der Waals surface area contributed by atoms with Crippen LogP contribution in [0.4, 0.5) is 5.69 Å². The van der Waals surface area contributed by atoms with Crippen molar-refractivity contribution in [3.05, 3.63) is 36.5 Å². The summed E-state index contributed by atoms with van der Waals surface area (Å²) >= 11 is 0. The number of ether oxygens (including phenoxy) is 1. The number of likely N-dealkylation sites (tertiary alicyclic amines) is 1. The second kappa shape index (κ2) is 8.83. The number of rotatable bonds is 5. The standard InChI is InChI=1S/C28H33N3O5/c1-16(25(33)30-23-6-2-5-22-21(23)4-3-7-29-22)36-26(34)24-11-20(32)15-31(24)27(35)28-12-17-8-18(13-28)10-19(9-17)14-28/h2-7,16-20,24,32H,8-15H2,1H3,(H,30,33)/t16?,17?,18?,19?,20?,24-,28?/m0/s1. The van der Waals surface area contributed by atoms with Crippen LogP contribution in [-0.4, -0.2) is 57.6 Å². The van der Waals surface area contributed by atoms with Crippen LogP contribution < -0.4 is 5.32 Å². The summed E-state index contributed by atoms with van der Waals surface area (Å²) in [5, 5.41) is 14.0. The molecule has 2 unspecified atom stereocenters. The average Bonchev–Trinajstić information content (AvgIpc) is 3.24. The van der Waals surface area contributed by atoms with E-state index in [0.29, 0.717) is 23.4 Å². The van der Waals surface area contributed by atoms with Gasteiger partial charge >= 0.3 is 5.97 Å². The molecule has 36 heavy (non-hydrogen) atoms. The Morgan fingerprint density at radius 2 is 1.75 bits per heavy atom. The van der Waals surface area contributed by atoms with Gasteiger partial charge < -0.3 is 20.1 Å². The van der Waals surface area contributed by atoms with Gasteiger partial charge in [-0.15, -0.1) is 0 Å². The highest BCUT2D eigenvalue weighted by Gasteiger charge is 2.57. The smallest absolute Gasteiger partial charge is 0.329 e. The van der Waals surface area contributed by atoms with Crippen LogP contribution >= 0.6 is 0 Å². The molecule has 0 spiro atoms. The molecule has 4 aliphatic carbocycles. The number of aromatic nitrogens is 1. The molecule has 8 heteroatoms. The fourth-order valence-corrected chi connectivity index (χ4v) is 7.69. The van der Waals surface area contributed by atoms with Crippen molar-refractivity contribution in [3.8, 4) is 0 Å². The van der Waals surface area contributed by atoms with E-state index in [9.17, 15) is 19.5 Å². The number of nitrogens with one attached hydrogen (secondary N) is 1. The van der Waals surface area contributed by atoms with Gasteiger partial charge in [0.25, 0.3) is 5.91 Å². The summed E-state index contributed by atoms with van der Waals surface area (Å²) in [5.74, 6) is 0.716. The summed E-state index contributed by atoms with van der Waals surface area (Å²) in [6.07, 6.45) is 6.35. The summed E-state index contributed by atoms with van der Waals surface area (Å²) < 4.78 is 5.56. The molecule has 2 amide bonds. The fraction of sp³-hybridized carbons (Fsp3) is 0.571. The maximum atomic E-state index is 13.9. The third kappa shape index (κ3) is 4.05. The zero-order valence-corrected chi connectivity index (χ0v) is 20.6. The van der Waals surface area contributed by atoms with Gasteiger partial charge in [-0.05, 0) is 87.5 Å². The molecule has 2 N–H and O–H groups in total. The number of amides is 2. The molecule has 8 nitrogen and oxygen atoms in total. The molecule has 1 aromatic carbocycles. The van der Waals surface area contributed by atoms with E-state index in [1.807, 2.05) is 12.1 Å². The second-order valence-corrected chi connectivity index (χ2v) is 11.5. The first-order valence-electron chi connectivity index (χ1n) is 13.2. The summed E-state index contributed by atoms with van der Waals surface area (Å²) in [4.78, 5) is 45.8. The van der Waals surface area contributed by atoms with Crippen molar-refractivity contribution in [1.82, 2.24) is 9.88 Å². The van der Waals surface area contributed by atoms with E-state index in [1.54, 1.807) is 29.3 Å². The number of nitrogens with zero attached hydrogens (tertiary/aromatic N) is 2. The lowest BCUT2D eigenvalue weighted by atomic mass is 9.49. The molecule has 1 saturated heterocycles. The van der Waals surface area contributed by atoms with E-state index in [-0.39, 0.29) is 18.9 Å². The fourth-order valence-electron chi connectivity index (χ4n) is 7.69. The van der Waals surface area contributed by atoms with Gasteiger partial charge in [0, 0.05) is 24.5 Å². The van der Waals surface area contributed by atoms with Crippen molar-refractivity contribution in [2.45, 2.75) is 70.1 Å². The minimum absolute atomic E-state index is 0.000426. The lowest BCUT2D eigenvalue weighted by Gasteiger charge is -2.56. The number of aliphatic hydroxyl groups excluding tert-OH is 1. The largest absolute Gasteiger partial charge is 0.451 e. The van der Waals surface area contributed by atoms with Crippen LogP contribution in [0.2, 0.25) is 0 Å². The average molecular weight is 492 g/mol. The van der Waals surface area contributed by atoms with Crippen molar-refractivity contribution in [3.63, 3.8) is 0 Å². The molecule has 4 saturated carbocycles. The van der Waals surface area contributed by atoms with Crippen LogP contribution in [0.15, 0.2) is 36.5 Å². The van der Waals surface area contributed by atoms with Crippen LogP contribution in [0.3, 0.4) is 0 Å². The van der Waals surface area contributed by atoms with Gasteiger partial charge in [-0.2, -0.15) is 0 Å². The number of fused-ring (bicyclic) bond motifs is 1. The van der Waals surface area contributed by atoms with E-state index >= 15 is 0 Å². The highest BCUT2D eigenvalue weighted by molar-refractivity contribution is 6.03. The highest BCUT2D eigenvalue weighted by Crippen LogP contribution is 2.60. The Balaban J connectivity index is 1.14. The molecule has 190 valence electrons. The predicted molar refractivity (Wildman–Crippen MR) is 133 cm³/mol. The SMILES string of the molecule is CC(OC(=O)[C@@H]1CC(O)CN1C(=O)C12CC3CC(CC(C3)C1)C2)C(=O)Nc1cccc2ncccc12. The number of hydrogen-bond acceptors (Lipinski definition) is 6. The minimum Gasteiger partial charge on any atom is -0.451 e. The monoisotopic (exact) mass is 491 g/mol. The number of benzene rings is 1. The quantitative estimate of drug-likeness (QED) is 0.622. The molecule has 3 atom stereocenters. The van der Waals surface area contributed by atoms with Crippen LogP contribution in [0.1, 0.15) is 51.9 Å². The number of hydrogen-bond donors (Lipinski definition) is 2. The van der Waals surface area contributed by atoms with Crippen LogP contribution in [0.25, 0.3) is 10.9 Å². The van der Waals surface area contributed by atoms with Crippen molar-refractivity contribution < 1.29 is 24.2 Å². The summed E-state index contributed by atoms with van der Waals surface area (Å²) in [7, 11) is 0. The van der Waals surface area contributed by atoms with Gasteiger partial charge in [0.1, 0.15) is 6.04 Å². The van der Waals surface area contributed by atoms with E-state index in [0.717, 1.165) is 30.2 Å². The van der Waals surface area contributed by atoms with E-state index in [4.69, 9.17) is 4.74 Å². The Hall–Kier alpha value is -3.00. The van der Waals surface area contributed by atoms with Gasteiger partial charge in [0.2, 0.25) is 5.91 Å². The number of pyridine rings is 1. The van der Waals surface area contributed by atoms with Crippen molar-refractivity contribution in [1.29, 1.82) is 0 Å². The first-order valence-corrected chi connectivity index (χ1v) is 13.2. The summed E-state index contributed by atoms with van der Waals surface area (Å²) in [6.45, 7) is 1.66. The van der Waals surface area contributed by atoms with Gasteiger partial charge in [-0.3, -0.25) is 14.6 Å². The number of β-amino-alcohol motifs (C(OH)–C–C–N with tert-alkyl or cyclic N) is 1. The van der Waals surface area contributed by atoms with Crippen LogP contribution in [0, 0.1) is 23.2 Å². The molecule has 1 aromatic heterocycles. The number of anilines is 1. The second-order valence-electron chi connectivity index (χ2n) is 11.5. The molecule has 7 rings (SSSR count).